The number of benzene rings is 1. The minimum Gasteiger partial charge on any atom is -0.491 e. The van der Waals surface area contributed by atoms with Crippen LogP contribution in [-0.2, 0) is 11.2 Å². The van der Waals surface area contributed by atoms with E-state index in [1.807, 2.05) is 22.9 Å². The zero-order chi connectivity index (χ0) is 22.5. The smallest absolute Gasteiger partial charge is 0.264 e. The molecule has 0 N–H and O–H groups in total. The Kier molecular flexibility index (Phi) is 7.02. The molecule has 32 heavy (non-hydrogen) atoms. The van der Waals surface area contributed by atoms with Crippen LogP contribution in [0.25, 0.3) is 0 Å². The van der Waals surface area contributed by atoms with Gasteiger partial charge in [-0.1, -0.05) is 18.2 Å². The monoisotopic (exact) mass is 470 g/mol. The number of thiophene rings is 2. The lowest BCUT2D eigenvalue weighted by molar-refractivity contribution is -0.135. The van der Waals surface area contributed by atoms with Gasteiger partial charge in [-0.2, -0.15) is 0 Å². The van der Waals surface area contributed by atoms with Crippen molar-refractivity contribution in [1.29, 1.82) is 0 Å². The summed E-state index contributed by atoms with van der Waals surface area (Å²) in [5.74, 6) is -0.293. The lowest BCUT2D eigenvalue weighted by atomic mass is 10.0. The lowest BCUT2D eigenvalue weighted by Crippen LogP contribution is -2.47. The third-order valence-corrected chi connectivity index (χ3v) is 7.17. The molecule has 3 heterocycles. The second-order valence-corrected chi connectivity index (χ2v) is 9.32. The van der Waals surface area contributed by atoms with E-state index in [2.05, 4.69) is 6.58 Å². The summed E-state index contributed by atoms with van der Waals surface area (Å²) in [5.41, 5.74) is 1.05. The van der Waals surface area contributed by atoms with Crippen molar-refractivity contribution < 1.29 is 18.7 Å². The SMILES string of the molecule is C=CCN(CC(=O)N1CCc2sccc2[C@H]1COc1cccc(F)c1)C(=O)c1cccs1. The molecular weight excluding hydrogens is 447 g/mol. The van der Waals surface area contributed by atoms with Gasteiger partial charge in [0.25, 0.3) is 5.91 Å². The molecular formula is C24H23FN2O3S2. The van der Waals surface area contributed by atoms with Gasteiger partial charge < -0.3 is 14.5 Å². The number of hydrogen-bond acceptors (Lipinski definition) is 5. The van der Waals surface area contributed by atoms with Crippen molar-refractivity contribution in [2.24, 2.45) is 0 Å². The van der Waals surface area contributed by atoms with E-state index in [1.54, 1.807) is 40.5 Å². The van der Waals surface area contributed by atoms with Gasteiger partial charge in [-0.15, -0.1) is 29.3 Å². The third-order valence-electron chi connectivity index (χ3n) is 5.31. The van der Waals surface area contributed by atoms with Crippen molar-refractivity contribution in [3.8, 4) is 5.75 Å². The molecule has 0 radical (unpaired) electrons. The molecule has 1 aromatic carbocycles. The fraction of sp³-hybridized carbons (Fsp3) is 0.250. The third kappa shape index (κ3) is 4.92. The number of carbonyl (C=O) groups excluding carboxylic acids is 2. The Morgan fingerprint density at radius 3 is 2.84 bits per heavy atom. The normalized spacial score (nSPS) is 15.2. The fourth-order valence-corrected chi connectivity index (χ4v) is 5.41. The number of nitrogens with zero attached hydrogens (tertiary/aromatic N) is 2. The average Bonchev–Trinajstić information content (AvgIpc) is 3.48. The summed E-state index contributed by atoms with van der Waals surface area (Å²) in [5, 5.41) is 3.85. The van der Waals surface area contributed by atoms with Crippen LogP contribution in [0.1, 0.15) is 26.2 Å². The Labute approximate surface area is 194 Å². The molecule has 0 saturated heterocycles. The molecule has 2 aromatic heterocycles. The maximum absolute atomic E-state index is 13.5. The van der Waals surface area contributed by atoms with E-state index >= 15 is 0 Å². The van der Waals surface area contributed by atoms with E-state index in [1.165, 1.54) is 33.2 Å². The van der Waals surface area contributed by atoms with Crippen molar-refractivity contribution in [1.82, 2.24) is 9.80 Å². The van der Waals surface area contributed by atoms with E-state index in [0.29, 0.717) is 17.2 Å². The summed E-state index contributed by atoms with van der Waals surface area (Å²) in [7, 11) is 0. The second kappa shape index (κ2) is 10.1. The van der Waals surface area contributed by atoms with E-state index in [9.17, 15) is 14.0 Å². The summed E-state index contributed by atoms with van der Waals surface area (Å²) in [6.45, 7) is 4.71. The van der Waals surface area contributed by atoms with Gasteiger partial charge in [0.05, 0.1) is 10.9 Å². The molecule has 0 spiro atoms. The zero-order valence-corrected chi connectivity index (χ0v) is 19.0. The van der Waals surface area contributed by atoms with Gasteiger partial charge in [-0.05, 0) is 47.0 Å². The van der Waals surface area contributed by atoms with E-state index in [4.69, 9.17) is 4.74 Å². The van der Waals surface area contributed by atoms with Crippen LogP contribution in [-0.4, -0.2) is 47.9 Å². The van der Waals surface area contributed by atoms with Crippen LogP contribution in [0.2, 0.25) is 0 Å². The first-order valence-corrected chi connectivity index (χ1v) is 12.0. The Balaban J connectivity index is 1.52. The molecule has 0 unspecified atom stereocenters. The highest BCUT2D eigenvalue weighted by Gasteiger charge is 2.33. The molecule has 8 heteroatoms. The molecule has 1 aliphatic heterocycles. The van der Waals surface area contributed by atoms with E-state index < -0.39 is 0 Å². The Morgan fingerprint density at radius 2 is 2.09 bits per heavy atom. The molecule has 1 atom stereocenters. The van der Waals surface area contributed by atoms with Crippen LogP contribution in [0.3, 0.4) is 0 Å². The number of amides is 2. The topological polar surface area (TPSA) is 49.9 Å². The van der Waals surface area contributed by atoms with Crippen LogP contribution in [0.15, 0.2) is 65.9 Å². The van der Waals surface area contributed by atoms with E-state index in [-0.39, 0.29) is 43.4 Å². The van der Waals surface area contributed by atoms with Crippen molar-refractivity contribution >= 4 is 34.5 Å². The number of carbonyl (C=O) groups is 2. The van der Waals surface area contributed by atoms with Gasteiger partial charge >= 0.3 is 0 Å². The Morgan fingerprint density at radius 1 is 1.22 bits per heavy atom. The molecule has 0 fully saturated rings. The van der Waals surface area contributed by atoms with Crippen LogP contribution < -0.4 is 4.74 Å². The zero-order valence-electron chi connectivity index (χ0n) is 17.4. The summed E-state index contributed by atoms with van der Waals surface area (Å²) >= 11 is 3.01. The molecule has 166 valence electrons. The first-order chi connectivity index (χ1) is 15.6. The van der Waals surface area contributed by atoms with Gasteiger partial charge in [0.15, 0.2) is 0 Å². The number of hydrogen-bond donors (Lipinski definition) is 0. The summed E-state index contributed by atoms with van der Waals surface area (Å²) in [4.78, 5) is 31.3. The van der Waals surface area contributed by atoms with Gasteiger partial charge in [0.1, 0.15) is 24.7 Å². The maximum atomic E-state index is 13.5. The standard InChI is InChI=1S/C24H23FN2O3S2/c1-2-10-26(24(29)22-7-4-12-31-22)15-23(28)27-11-8-21-19(9-13-32-21)20(27)16-30-18-6-3-5-17(25)14-18/h2-7,9,12-14,20H,1,8,10-11,15-16H2/t20-/m1/s1. The first-order valence-electron chi connectivity index (χ1n) is 10.2. The van der Waals surface area contributed by atoms with Crippen LogP contribution in [0.4, 0.5) is 4.39 Å². The van der Waals surface area contributed by atoms with Crippen molar-refractivity contribution in [2.75, 3.05) is 26.2 Å². The fourth-order valence-electron chi connectivity index (χ4n) is 3.79. The summed E-state index contributed by atoms with van der Waals surface area (Å²) in [6.07, 6.45) is 2.38. The van der Waals surface area contributed by atoms with Gasteiger partial charge in [-0.25, -0.2) is 4.39 Å². The van der Waals surface area contributed by atoms with Crippen molar-refractivity contribution in [2.45, 2.75) is 12.5 Å². The number of ether oxygens (including phenoxy) is 1. The molecule has 3 aromatic rings. The Bertz CT molecular complexity index is 1100. The van der Waals surface area contributed by atoms with Gasteiger partial charge in [-0.3, -0.25) is 9.59 Å². The predicted molar refractivity (Wildman–Crippen MR) is 125 cm³/mol. The molecule has 0 aliphatic carbocycles. The first kappa shape index (κ1) is 22.2. The largest absolute Gasteiger partial charge is 0.491 e. The number of fused-ring (bicyclic) bond motifs is 1. The second-order valence-electron chi connectivity index (χ2n) is 7.37. The minimum absolute atomic E-state index is 0.0430. The molecule has 2 amide bonds. The lowest BCUT2D eigenvalue weighted by Gasteiger charge is -2.37. The van der Waals surface area contributed by atoms with Crippen LogP contribution in [0, 0.1) is 5.82 Å². The summed E-state index contributed by atoms with van der Waals surface area (Å²) in [6, 6.07) is 11.2. The highest BCUT2D eigenvalue weighted by molar-refractivity contribution is 7.12. The van der Waals surface area contributed by atoms with E-state index in [0.717, 1.165) is 12.0 Å². The minimum atomic E-state index is -0.373. The highest BCUT2D eigenvalue weighted by atomic mass is 32.1. The molecule has 4 rings (SSSR count). The van der Waals surface area contributed by atoms with Crippen LogP contribution >= 0.6 is 22.7 Å². The van der Waals surface area contributed by atoms with Gasteiger partial charge in [0.2, 0.25) is 5.91 Å². The quantitative estimate of drug-likeness (QED) is 0.445. The van der Waals surface area contributed by atoms with Crippen molar-refractivity contribution in [3.63, 3.8) is 0 Å². The number of halogens is 1. The highest BCUT2D eigenvalue weighted by Crippen LogP contribution is 2.34. The average molecular weight is 471 g/mol. The van der Waals surface area contributed by atoms with Crippen molar-refractivity contribution in [3.05, 3.63) is 87.0 Å². The van der Waals surface area contributed by atoms with Gasteiger partial charge in [0, 0.05) is 24.0 Å². The van der Waals surface area contributed by atoms with Crippen LogP contribution in [0.5, 0.6) is 5.75 Å². The molecule has 0 bridgehead atoms. The summed E-state index contributed by atoms with van der Waals surface area (Å²) < 4.78 is 19.4. The number of rotatable bonds is 8. The molecule has 0 saturated carbocycles. The molecule has 1 aliphatic rings. The maximum Gasteiger partial charge on any atom is 0.264 e. The Hall–Kier alpha value is -2.97. The predicted octanol–water partition coefficient (Wildman–Crippen LogP) is 4.78. The molecule has 5 nitrogen and oxygen atoms in total.